The fourth-order valence-electron chi connectivity index (χ4n) is 3.35. The molecule has 0 amide bonds. The summed E-state index contributed by atoms with van der Waals surface area (Å²) in [5.41, 5.74) is 1.19. The molecule has 0 spiro atoms. The first-order chi connectivity index (χ1) is 15.6. The average Bonchev–Trinajstić information content (AvgIpc) is 3.28. The highest BCUT2D eigenvalue weighted by atomic mass is 16.7. The van der Waals surface area contributed by atoms with Crippen LogP contribution in [0.1, 0.15) is 21.7 Å². The lowest BCUT2D eigenvalue weighted by Crippen LogP contribution is -2.20. The number of carbonyl (C=O) groups is 1. The second kappa shape index (κ2) is 7.99. The molecule has 0 saturated carbocycles. The number of rotatable bonds is 4. The number of nitrogens with zero attached hydrogens (tertiary/aromatic N) is 3. The summed E-state index contributed by atoms with van der Waals surface area (Å²) < 4.78 is 17.4. The van der Waals surface area contributed by atoms with Crippen molar-refractivity contribution in [1.29, 1.82) is 0 Å². The third kappa shape index (κ3) is 3.58. The number of hydrogen-bond donors (Lipinski definition) is 0. The SMILES string of the molecule is Cc1nc2ccccc2c(=O)n1N=Cc1ccccc1OC(=O)c1ccc2c(c1)OCO2. The van der Waals surface area contributed by atoms with Crippen molar-refractivity contribution in [2.75, 3.05) is 6.79 Å². The van der Waals surface area contributed by atoms with Gasteiger partial charge in [-0.05, 0) is 49.4 Å². The lowest BCUT2D eigenvalue weighted by Gasteiger charge is -2.08. The lowest BCUT2D eigenvalue weighted by molar-refractivity contribution is 0.0734. The number of esters is 1. The third-order valence-corrected chi connectivity index (χ3v) is 4.96. The van der Waals surface area contributed by atoms with Crippen molar-refractivity contribution < 1.29 is 19.0 Å². The normalized spacial score (nSPS) is 12.4. The highest BCUT2D eigenvalue weighted by Crippen LogP contribution is 2.33. The smallest absolute Gasteiger partial charge is 0.343 e. The van der Waals surface area contributed by atoms with Crippen LogP contribution in [0, 0.1) is 6.92 Å². The standard InChI is InChI=1S/C24H17N3O5/c1-15-26-19-8-4-3-7-18(19)23(28)27(15)25-13-17-6-2-5-9-20(17)32-24(29)16-10-11-21-22(12-16)31-14-30-21/h2-13H,14H2,1H3. The second-order valence-electron chi connectivity index (χ2n) is 7.03. The van der Waals surface area contributed by atoms with Crippen molar-refractivity contribution in [2.45, 2.75) is 6.92 Å². The highest BCUT2D eigenvalue weighted by molar-refractivity contribution is 5.93. The molecule has 0 aliphatic carbocycles. The number of aromatic nitrogens is 2. The Hall–Kier alpha value is -4.46. The highest BCUT2D eigenvalue weighted by Gasteiger charge is 2.18. The predicted octanol–water partition coefficient (Wildman–Crippen LogP) is 3.54. The molecule has 0 saturated heterocycles. The van der Waals surface area contributed by atoms with Gasteiger partial charge >= 0.3 is 5.97 Å². The molecule has 0 radical (unpaired) electrons. The molecule has 2 heterocycles. The number of para-hydroxylation sites is 2. The van der Waals surface area contributed by atoms with Gasteiger partial charge in [0, 0.05) is 5.56 Å². The molecule has 0 atom stereocenters. The van der Waals surface area contributed by atoms with E-state index in [9.17, 15) is 9.59 Å². The Labute approximate surface area is 182 Å². The van der Waals surface area contributed by atoms with Crippen molar-refractivity contribution >= 4 is 23.1 Å². The summed E-state index contributed by atoms with van der Waals surface area (Å²) in [7, 11) is 0. The van der Waals surface area contributed by atoms with E-state index in [-0.39, 0.29) is 12.4 Å². The van der Waals surface area contributed by atoms with Gasteiger partial charge in [-0.1, -0.05) is 24.3 Å². The molecular formula is C24H17N3O5. The van der Waals surface area contributed by atoms with Crippen LogP contribution in [-0.2, 0) is 0 Å². The van der Waals surface area contributed by atoms with Crippen LogP contribution in [0.5, 0.6) is 17.2 Å². The van der Waals surface area contributed by atoms with Crippen molar-refractivity contribution in [3.05, 3.63) is 94.0 Å². The summed E-state index contributed by atoms with van der Waals surface area (Å²) in [6.45, 7) is 1.83. The largest absolute Gasteiger partial charge is 0.454 e. The molecule has 158 valence electrons. The molecule has 0 bridgehead atoms. The Morgan fingerprint density at radius 1 is 1.06 bits per heavy atom. The van der Waals surface area contributed by atoms with Crippen LogP contribution in [0.25, 0.3) is 10.9 Å². The first-order valence-electron chi connectivity index (χ1n) is 9.84. The van der Waals surface area contributed by atoms with E-state index in [0.29, 0.717) is 45.1 Å². The summed E-state index contributed by atoms with van der Waals surface area (Å²) in [6.07, 6.45) is 1.47. The van der Waals surface area contributed by atoms with Crippen LogP contribution < -0.4 is 19.8 Å². The fraction of sp³-hybridized carbons (Fsp3) is 0.0833. The molecular weight excluding hydrogens is 410 g/mol. The zero-order valence-corrected chi connectivity index (χ0v) is 17.0. The third-order valence-electron chi connectivity index (χ3n) is 4.96. The number of ether oxygens (including phenoxy) is 3. The summed E-state index contributed by atoms with van der Waals surface area (Å²) in [5.74, 6) is 1.27. The molecule has 8 nitrogen and oxygen atoms in total. The van der Waals surface area contributed by atoms with Crippen molar-refractivity contribution in [2.24, 2.45) is 5.10 Å². The number of fused-ring (bicyclic) bond motifs is 2. The van der Waals surface area contributed by atoms with Gasteiger partial charge in [-0.2, -0.15) is 9.78 Å². The maximum absolute atomic E-state index is 12.8. The monoisotopic (exact) mass is 427 g/mol. The van der Waals surface area contributed by atoms with Gasteiger partial charge in [0.1, 0.15) is 11.6 Å². The van der Waals surface area contributed by atoms with E-state index in [2.05, 4.69) is 10.1 Å². The Bertz CT molecular complexity index is 1440. The van der Waals surface area contributed by atoms with Gasteiger partial charge in [-0.25, -0.2) is 9.78 Å². The quantitative estimate of drug-likeness (QED) is 0.281. The fourth-order valence-corrected chi connectivity index (χ4v) is 3.35. The minimum atomic E-state index is -0.551. The van der Waals surface area contributed by atoms with Crippen LogP contribution in [0.2, 0.25) is 0 Å². The number of aryl methyl sites for hydroxylation is 1. The van der Waals surface area contributed by atoms with E-state index in [1.54, 1.807) is 67.6 Å². The first-order valence-corrected chi connectivity index (χ1v) is 9.84. The maximum Gasteiger partial charge on any atom is 0.343 e. The lowest BCUT2D eigenvalue weighted by atomic mass is 10.2. The molecule has 5 rings (SSSR count). The summed E-state index contributed by atoms with van der Waals surface area (Å²) in [4.78, 5) is 29.9. The van der Waals surface area contributed by atoms with Gasteiger partial charge in [0.15, 0.2) is 11.5 Å². The van der Waals surface area contributed by atoms with E-state index in [1.807, 2.05) is 6.07 Å². The Kier molecular flexibility index (Phi) is 4.87. The number of hydrogen-bond acceptors (Lipinski definition) is 7. The van der Waals surface area contributed by atoms with E-state index >= 15 is 0 Å². The molecule has 0 fully saturated rings. The minimum absolute atomic E-state index is 0.121. The van der Waals surface area contributed by atoms with Gasteiger partial charge in [0.05, 0.1) is 22.7 Å². The topological polar surface area (TPSA) is 92.0 Å². The average molecular weight is 427 g/mol. The molecule has 1 aromatic heterocycles. The number of carbonyl (C=O) groups excluding carboxylic acids is 1. The maximum atomic E-state index is 12.8. The Morgan fingerprint density at radius 2 is 1.84 bits per heavy atom. The van der Waals surface area contributed by atoms with E-state index in [4.69, 9.17) is 14.2 Å². The zero-order valence-electron chi connectivity index (χ0n) is 17.0. The minimum Gasteiger partial charge on any atom is -0.454 e. The van der Waals surface area contributed by atoms with Gasteiger partial charge in [0.25, 0.3) is 5.56 Å². The molecule has 4 aromatic rings. The summed E-state index contributed by atoms with van der Waals surface area (Å²) in [5, 5.41) is 4.77. The molecule has 0 unspecified atom stereocenters. The van der Waals surface area contributed by atoms with Crippen LogP contribution in [0.15, 0.2) is 76.6 Å². The zero-order chi connectivity index (χ0) is 22.1. The van der Waals surface area contributed by atoms with E-state index in [1.165, 1.54) is 10.9 Å². The van der Waals surface area contributed by atoms with Gasteiger partial charge in [-0.3, -0.25) is 4.79 Å². The van der Waals surface area contributed by atoms with Crippen LogP contribution >= 0.6 is 0 Å². The molecule has 3 aromatic carbocycles. The van der Waals surface area contributed by atoms with Gasteiger partial charge in [-0.15, -0.1) is 0 Å². The molecule has 8 heteroatoms. The molecule has 0 N–H and O–H groups in total. The predicted molar refractivity (Wildman–Crippen MR) is 118 cm³/mol. The van der Waals surface area contributed by atoms with Crippen molar-refractivity contribution in [1.82, 2.24) is 9.66 Å². The first kappa shape index (κ1) is 19.5. The Balaban J connectivity index is 1.44. The van der Waals surface area contributed by atoms with Gasteiger partial charge < -0.3 is 14.2 Å². The molecule has 1 aliphatic rings. The molecule has 1 aliphatic heterocycles. The van der Waals surface area contributed by atoms with Crippen LogP contribution in [0.3, 0.4) is 0 Å². The Morgan fingerprint density at radius 3 is 2.75 bits per heavy atom. The molecule has 32 heavy (non-hydrogen) atoms. The van der Waals surface area contributed by atoms with E-state index < -0.39 is 5.97 Å². The summed E-state index contributed by atoms with van der Waals surface area (Å²) >= 11 is 0. The van der Waals surface area contributed by atoms with Gasteiger partial charge in [0.2, 0.25) is 6.79 Å². The second-order valence-corrected chi connectivity index (χ2v) is 7.03. The van der Waals surface area contributed by atoms with Crippen LogP contribution in [-0.4, -0.2) is 28.6 Å². The van der Waals surface area contributed by atoms with E-state index in [0.717, 1.165) is 0 Å². The van der Waals surface area contributed by atoms with Crippen molar-refractivity contribution in [3.63, 3.8) is 0 Å². The number of benzene rings is 3. The van der Waals surface area contributed by atoms with Crippen molar-refractivity contribution in [3.8, 4) is 17.2 Å². The van der Waals surface area contributed by atoms with Crippen LogP contribution in [0.4, 0.5) is 0 Å². The summed E-state index contributed by atoms with van der Waals surface area (Å²) in [6, 6.07) is 18.9.